The van der Waals surface area contributed by atoms with Crippen molar-refractivity contribution in [2.24, 2.45) is 5.73 Å². The fourth-order valence-electron chi connectivity index (χ4n) is 3.08. The third kappa shape index (κ3) is 2.43. The first-order valence-electron chi connectivity index (χ1n) is 6.78. The molecule has 19 heavy (non-hydrogen) atoms. The summed E-state index contributed by atoms with van der Waals surface area (Å²) >= 11 is 5.11. The topological polar surface area (TPSA) is 30.9 Å². The van der Waals surface area contributed by atoms with E-state index in [-0.39, 0.29) is 0 Å². The second-order valence-corrected chi connectivity index (χ2v) is 5.64. The lowest BCUT2D eigenvalue weighted by Gasteiger charge is -2.26. The van der Waals surface area contributed by atoms with Gasteiger partial charge in [-0.05, 0) is 42.5 Å². The highest BCUT2D eigenvalue weighted by atomic mass is 32.1. The second-order valence-electron chi connectivity index (χ2n) is 5.20. The monoisotopic (exact) mass is 270 g/mol. The number of benzene rings is 1. The average molecular weight is 270 g/mol. The first kappa shape index (κ1) is 12.4. The molecule has 0 saturated carbocycles. The van der Waals surface area contributed by atoms with Gasteiger partial charge in [0.2, 0.25) is 0 Å². The van der Waals surface area contributed by atoms with Crippen molar-refractivity contribution in [1.82, 2.24) is 4.57 Å². The molecule has 2 nitrogen and oxygen atoms in total. The zero-order valence-electron chi connectivity index (χ0n) is 10.9. The lowest BCUT2D eigenvalue weighted by Crippen LogP contribution is -2.20. The summed E-state index contributed by atoms with van der Waals surface area (Å²) < 4.78 is 2.19. The molecular weight excluding hydrogens is 252 g/mol. The molecule has 1 atom stereocenters. The van der Waals surface area contributed by atoms with E-state index in [0.717, 1.165) is 12.2 Å². The highest BCUT2D eigenvalue weighted by Crippen LogP contribution is 2.32. The summed E-state index contributed by atoms with van der Waals surface area (Å²) in [4.78, 5) is 0.481. The van der Waals surface area contributed by atoms with E-state index >= 15 is 0 Å². The molecule has 3 rings (SSSR count). The van der Waals surface area contributed by atoms with Crippen molar-refractivity contribution in [3.05, 3.63) is 59.4 Å². The van der Waals surface area contributed by atoms with E-state index in [1.807, 2.05) is 12.1 Å². The van der Waals surface area contributed by atoms with E-state index in [1.165, 1.54) is 30.4 Å². The Labute approximate surface area is 119 Å². The maximum Gasteiger partial charge on any atom is 0.120 e. The first-order chi connectivity index (χ1) is 9.25. The van der Waals surface area contributed by atoms with Gasteiger partial charge < -0.3 is 10.3 Å². The van der Waals surface area contributed by atoms with Crippen LogP contribution in [0.2, 0.25) is 0 Å². The Morgan fingerprint density at radius 1 is 1.26 bits per heavy atom. The van der Waals surface area contributed by atoms with Crippen molar-refractivity contribution in [2.75, 3.05) is 0 Å². The molecule has 2 aromatic rings. The van der Waals surface area contributed by atoms with Gasteiger partial charge in [0.15, 0.2) is 0 Å². The molecule has 0 fully saturated rings. The van der Waals surface area contributed by atoms with Gasteiger partial charge in [0.25, 0.3) is 0 Å². The van der Waals surface area contributed by atoms with Gasteiger partial charge in [0.1, 0.15) is 4.99 Å². The summed E-state index contributed by atoms with van der Waals surface area (Å²) in [5, 5.41) is 0. The smallest absolute Gasteiger partial charge is 0.120 e. The van der Waals surface area contributed by atoms with Crippen molar-refractivity contribution in [1.29, 1.82) is 0 Å². The van der Waals surface area contributed by atoms with Crippen LogP contribution in [-0.4, -0.2) is 9.56 Å². The first-order valence-corrected chi connectivity index (χ1v) is 7.19. The van der Waals surface area contributed by atoms with E-state index in [0.29, 0.717) is 10.9 Å². The van der Waals surface area contributed by atoms with Crippen molar-refractivity contribution in [3.8, 4) is 0 Å². The molecule has 0 spiro atoms. The van der Waals surface area contributed by atoms with Gasteiger partial charge in [-0.25, -0.2) is 0 Å². The lowest BCUT2D eigenvalue weighted by molar-refractivity contribution is 0.483. The number of thiocarbonyl (C=S) groups is 1. The summed E-state index contributed by atoms with van der Waals surface area (Å²) in [6, 6.07) is 12.8. The zero-order valence-corrected chi connectivity index (χ0v) is 11.7. The molecule has 0 bridgehead atoms. The van der Waals surface area contributed by atoms with Crippen LogP contribution in [0, 0.1) is 0 Å². The lowest BCUT2D eigenvalue weighted by atomic mass is 9.83. The van der Waals surface area contributed by atoms with Crippen LogP contribution in [0.5, 0.6) is 0 Å². The Kier molecular flexibility index (Phi) is 3.38. The molecule has 0 aliphatic heterocycles. The maximum absolute atomic E-state index is 5.77. The van der Waals surface area contributed by atoms with Gasteiger partial charge >= 0.3 is 0 Å². The molecule has 0 amide bonds. The van der Waals surface area contributed by atoms with E-state index < -0.39 is 0 Å². The molecule has 0 saturated heterocycles. The molecule has 2 N–H and O–H groups in total. The molecule has 1 aliphatic carbocycles. The quantitative estimate of drug-likeness (QED) is 0.868. The molecule has 3 heteroatoms. The Morgan fingerprint density at radius 3 is 2.95 bits per heavy atom. The third-order valence-electron chi connectivity index (χ3n) is 3.99. The summed E-state index contributed by atoms with van der Waals surface area (Å²) in [5.74, 6) is 0.574. The van der Waals surface area contributed by atoms with Gasteiger partial charge in [0.05, 0.1) is 5.69 Å². The average Bonchev–Trinajstić information content (AvgIpc) is 2.87. The third-order valence-corrected chi connectivity index (χ3v) is 4.20. The summed E-state index contributed by atoms with van der Waals surface area (Å²) in [6.45, 7) is 0.969. The van der Waals surface area contributed by atoms with Crippen molar-refractivity contribution < 1.29 is 0 Å². The Morgan fingerprint density at radius 2 is 2.11 bits per heavy atom. The minimum atomic E-state index is 0.481. The molecule has 0 radical (unpaired) electrons. The number of fused-ring (bicyclic) bond motifs is 1. The molecule has 98 valence electrons. The highest BCUT2D eigenvalue weighted by Gasteiger charge is 2.20. The van der Waals surface area contributed by atoms with Crippen molar-refractivity contribution in [3.63, 3.8) is 0 Å². The maximum atomic E-state index is 5.77. The van der Waals surface area contributed by atoms with Crippen LogP contribution in [0.4, 0.5) is 0 Å². The van der Waals surface area contributed by atoms with Crippen LogP contribution in [0.15, 0.2) is 42.6 Å². The number of aryl methyl sites for hydroxylation is 1. The molecule has 1 heterocycles. The summed E-state index contributed by atoms with van der Waals surface area (Å²) in [5.41, 5.74) is 9.74. The van der Waals surface area contributed by atoms with Crippen LogP contribution in [0.25, 0.3) is 0 Å². The zero-order chi connectivity index (χ0) is 13.2. The van der Waals surface area contributed by atoms with Gasteiger partial charge in [-0.2, -0.15) is 0 Å². The fraction of sp³-hybridized carbons (Fsp3) is 0.312. The standard InChI is InChI=1S/C16H18N2S/c17-16(19)15-9-4-10-18(15)11-13-7-3-6-12-5-1-2-8-14(12)13/h1-2,4-5,8-10,13H,3,6-7,11H2,(H2,17,19). The predicted molar refractivity (Wildman–Crippen MR) is 82.4 cm³/mol. The Balaban J connectivity index is 1.89. The van der Waals surface area contributed by atoms with Gasteiger partial charge in [-0.15, -0.1) is 0 Å². The molecule has 1 aliphatic rings. The van der Waals surface area contributed by atoms with E-state index in [2.05, 4.69) is 35.0 Å². The minimum Gasteiger partial charge on any atom is -0.388 e. The predicted octanol–water partition coefficient (Wildman–Crippen LogP) is 3.24. The number of hydrogen-bond donors (Lipinski definition) is 1. The van der Waals surface area contributed by atoms with E-state index in [1.54, 1.807) is 0 Å². The molecular formula is C16H18N2S. The van der Waals surface area contributed by atoms with Crippen molar-refractivity contribution >= 4 is 17.2 Å². The summed E-state index contributed by atoms with van der Waals surface area (Å²) in [7, 11) is 0. The van der Waals surface area contributed by atoms with Crippen LogP contribution in [-0.2, 0) is 13.0 Å². The largest absolute Gasteiger partial charge is 0.388 e. The number of rotatable bonds is 3. The molecule has 1 unspecified atom stereocenters. The minimum absolute atomic E-state index is 0.481. The van der Waals surface area contributed by atoms with Gasteiger partial charge in [0, 0.05) is 18.7 Å². The van der Waals surface area contributed by atoms with Crippen molar-refractivity contribution in [2.45, 2.75) is 31.7 Å². The van der Waals surface area contributed by atoms with Gasteiger partial charge in [-0.1, -0.05) is 36.5 Å². The Bertz CT molecular complexity index is 600. The SMILES string of the molecule is NC(=S)c1cccn1CC1CCCc2ccccc21. The fourth-order valence-corrected chi connectivity index (χ4v) is 3.26. The number of hydrogen-bond acceptors (Lipinski definition) is 1. The van der Waals surface area contributed by atoms with Crippen LogP contribution < -0.4 is 5.73 Å². The number of aromatic nitrogens is 1. The van der Waals surface area contributed by atoms with E-state index in [9.17, 15) is 0 Å². The van der Waals surface area contributed by atoms with Crippen LogP contribution in [0.1, 0.15) is 35.6 Å². The number of nitrogens with two attached hydrogens (primary N) is 1. The Hall–Kier alpha value is -1.61. The van der Waals surface area contributed by atoms with E-state index in [4.69, 9.17) is 18.0 Å². The molecule has 1 aromatic carbocycles. The highest BCUT2D eigenvalue weighted by molar-refractivity contribution is 7.80. The number of nitrogens with zero attached hydrogens (tertiary/aromatic N) is 1. The second kappa shape index (κ2) is 5.17. The molecule has 1 aromatic heterocycles. The van der Waals surface area contributed by atoms with Crippen LogP contribution >= 0.6 is 12.2 Å². The van der Waals surface area contributed by atoms with Crippen LogP contribution in [0.3, 0.4) is 0 Å². The summed E-state index contributed by atoms with van der Waals surface area (Å²) in [6.07, 6.45) is 5.80. The normalized spacial score (nSPS) is 18.0. The van der Waals surface area contributed by atoms with Gasteiger partial charge in [-0.3, -0.25) is 0 Å².